The first-order valence-corrected chi connectivity index (χ1v) is 6.13. The third kappa shape index (κ3) is 2.82. The van der Waals surface area contributed by atoms with E-state index in [0.717, 1.165) is 24.4 Å². The van der Waals surface area contributed by atoms with Crippen molar-refractivity contribution in [1.82, 2.24) is 5.32 Å². The number of aryl methyl sites for hydroxylation is 1. The highest BCUT2D eigenvalue weighted by Crippen LogP contribution is 2.23. The number of piperidine rings is 1. The van der Waals surface area contributed by atoms with Gasteiger partial charge in [-0.05, 0) is 68.8 Å². The van der Waals surface area contributed by atoms with Crippen LogP contribution in [0.4, 0.5) is 4.39 Å². The van der Waals surface area contributed by atoms with Crippen LogP contribution in [-0.4, -0.2) is 12.6 Å². The summed E-state index contributed by atoms with van der Waals surface area (Å²) < 4.78 is 13.0. The standard InChI is InChI=1S/C14H20FN/c1-10-7-14(15)4-3-13(10)9-12-5-6-16-11(2)8-12/h3-4,7,11-12,16H,5-6,8-9H2,1-2H3. The summed E-state index contributed by atoms with van der Waals surface area (Å²) in [4.78, 5) is 0. The molecule has 1 aliphatic heterocycles. The fraction of sp³-hybridized carbons (Fsp3) is 0.571. The van der Waals surface area contributed by atoms with Crippen LogP contribution in [0.15, 0.2) is 18.2 Å². The predicted octanol–water partition coefficient (Wildman–Crippen LogP) is 3.06. The molecule has 0 aromatic heterocycles. The highest BCUT2D eigenvalue weighted by Gasteiger charge is 2.19. The molecular weight excluding hydrogens is 201 g/mol. The van der Waals surface area contributed by atoms with E-state index in [4.69, 9.17) is 0 Å². The number of rotatable bonds is 2. The Morgan fingerprint density at radius 2 is 2.25 bits per heavy atom. The van der Waals surface area contributed by atoms with Gasteiger partial charge in [0.05, 0.1) is 0 Å². The monoisotopic (exact) mass is 221 g/mol. The summed E-state index contributed by atoms with van der Waals surface area (Å²) in [5.74, 6) is 0.625. The van der Waals surface area contributed by atoms with E-state index in [2.05, 4.69) is 12.2 Å². The molecule has 0 amide bonds. The van der Waals surface area contributed by atoms with Crippen molar-refractivity contribution in [2.45, 2.75) is 39.2 Å². The number of hydrogen-bond acceptors (Lipinski definition) is 1. The molecule has 0 bridgehead atoms. The lowest BCUT2D eigenvalue weighted by Crippen LogP contribution is -2.36. The first-order chi connectivity index (χ1) is 7.65. The molecule has 16 heavy (non-hydrogen) atoms. The van der Waals surface area contributed by atoms with E-state index in [-0.39, 0.29) is 5.82 Å². The van der Waals surface area contributed by atoms with Gasteiger partial charge in [-0.15, -0.1) is 0 Å². The lowest BCUT2D eigenvalue weighted by molar-refractivity contribution is 0.313. The summed E-state index contributed by atoms with van der Waals surface area (Å²) in [5.41, 5.74) is 2.40. The van der Waals surface area contributed by atoms with E-state index in [9.17, 15) is 4.39 Å². The molecule has 2 heteroatoms. The molecule has 2 rings (SSSR count). The van der Waals surface area contributed by atoms with E-state index >= 15 is 0 Å². The second kappa shape index (κ2) is 4.96. The van der Waals surface area contributed by atoms with Gasteiger partial charge in [0.1, 0.15) is 5.82 Å². The molecule has 1 N–H and O–H groups in total. The van der Waals surface area contributed by atoms with Crippen molar-refractivity contribution in [2.75, 3.05) is 6.54 Å². The Morgan fingerprint density at radius 3 is 2.94 bits per heavy atom. The van der Waals surface area contributed by atoms with Crippen LogP contribution in [-0.2, 0) is 6.42 Å². The molecule has 1 heterocycles. The van der Waals surface area contributed by atoms with Gasteiger partial charge in [-0.25, -0.2) is 4.39 Å². The van der Waals surface area contributed by atoms with Crippen LogP contribution in [0.2, 0.25) is 0 Å². The first kappa shape index (κ1) is 11.6. The smallest absolute Gasteiger partial charge is 0.123 e. The Bertz CT molecular complexity index is 362. The normalized spacial score (nSPS) is 25.7. The second-order valence-electron chi connectivity index (χ2n) is 5.02. The van der Waals surface area contributed by atoms with Gasteiger partial charge < -0.3 is 5.32 Å². The maximum absolute atomic E-state index is 13.0. The largest absolute Gasteiger partial charge is 0.314 e. The molecule has 1 aliphatic rings. The summed E-state index contributed by atoms with van der Waals surface area (Å²) in [6, 6.07) is 5.78. The van der Waals surface area contributed by atoms with E-state index in [1.54, 1.807) is 12.1 Å². The van der Waals surface area contributed by atoms with Gasteiger partial charge in [0.15, 0.2) is 0 Å². The Kier molecular flexibility index (Phi) is 3.59. The van der Waals surface area contributed by atoms with Gasteiger partial charge in [0, 0.05) is 6.04 Å². The highest BCUT2D eigenvalue weighted by molar-refractivity contribution is 5.27. The number of nitrogens with one attached hydrogen (secondary N) is 1. The maximum atomic E-state index is 13.0. The van der Waals surface area contributed by atoms with Crippen molar-refractivity contribution in [1.29, 1.82) is 0 Å². The minimum absolute atomic E-state index is 0.125. The molecule has 0 spiro atoms. The van der Waals surface area contributed by atoms with Gasteiger partial charge in [-0.1, -0.05) is 6.07 Å². The average Bonchev–Trinajstić information content (AvgIpc) is 2.22. The quantitative estimate of drug-likeness (QED) is 0.809. The molecule has 0 aliphatic carbocycles. The molecule has 2 unspecified atom stereocenters. The summed E-state index contributed by atoms with van der Waals surface area (Å²) in [6.07, 6.45) is 3.57. The topological polar surface area (TPSA) is 12.0 Å². The van der Waals surface area contributed by atoms with E-state index in [0.29, 0.717) is 6.04 Å². The van der Waals surface area contributed by atoms with E-state index in [1.165, 1.54) is 18.4 Å². The van der Waals surface area contributed by atoms with Crippen molar-refractivity contribution in [3.8, 4) is 0 Å². The average molecular weight is 221 g/mol. The zero-order valence-corrected chi connectivity index (χ0v) is 10.1. The van der Waals surface area contributed by atoms with Crippen molar-refractivity contribution in [2.24, 2.45) is 5.92 Å². The Balaban J connectivity index is 2.02. The van der Waals surface area contributed by atoms with Gasteiger partial charge in [-0.2, -0.15) is 0 Å². The van der Waals surface area contributed by atoms with Gasteiger partial charge in [-0.3, -0.25) is 0 Å². The maximum Gasteiger partial charge on any atom is 0.123 e. The molecule has 1 aromatic carbocycles. The highest BCUT2D eigenvalue weighted by atomic mass is 19.1. The SMILES string of the molecule is Cc1cc(F)ccc1CC1CCNC(C)C1. The zero-order valence-electron chi connectivity index (χ0n) is 10.1. The zero-order chi connectivity index (χ0) is 11.5. The van der Waals surface area contributed by atoms with Crippen LogP contribution in [0, 0.1) is 18.7 Å². The van der Waals surface area contributed by atoms with Crippen LogP contribution in [0.1, 0.15) is 30.9 Å². The number of benzene rings is 1. The Hall–Kier alpha value is -0.890. The van der Waals surface area contributed by atoms with Crippen LogP contribution < -0.4 is 5.32 Å². The fourth-order valence-electron chi connectivity index (χ4n) is 2.62. The minimum atomic E-state index is -0.125. The lowest BCUT2D eigenvalue weighted by Gasteiger charge is -2.28. The van der Waals surface area contributed by atoms with Crippen LogP contribution in [0.25, 0.3) is 0 Å². The fourth-order valence-corrected chi connectivity index (χ4v) is 2.62. The van der Waals surface area contributed by atoms with E-state index in [1.807, 2.05) is 13.0 Å². The number of hydrogen-bond donors (Lipinski definition) is 1. The van der Waals surface area contributed by atoms with Crippen molar-refractivity contribution < 1.29 is 4.39 Å². The first-order valence-electron chi connectivity index (χ1n) is 6.13. The molecule has 0 radical (unpaired) electrons. The van der Waals surface area contributed by atoms with Crippen molar-refractivity contribution in [3.05, 3.63) is 35.1 Å². The third-order valence-electron chi connectivity index (χ3n) is 3.55. The second-order valence-corrected chi connectivity index (χ2v) is 5.02. The summed E-state index contributed by atoms with van der Waals surface area (Å²) in [7, 11) is 0. The van der Waals surface area contributed by atoms with Crippen LogP contribution in [0.3, 0.4) is 0 Å². The molecule has 88 valence electrons. The summed E-state index contributed by atoms with van der Waals surface area (Å²) in [6.45, 7) is 5.36. The molecule has 1 saturated heterocycles. The Morgan fingerprint density at radius 1 is 1.44 bits per heavy atom. The molecular formula is C14H20FN. The Labute approximate surface area is 97.1 Å². The number of halogens is 1. The van der Waals surface area contributed by atoms with Gasteiger partial charge >= 0.3 is 0 Å². The van der Waals surface area contributed by atoms with Crippen LogP contribution in [0.5, 0.6) is 0 Å². The van der Waals surface area contributed by atoms with Crippen LogP contribution >= 0.6 is 0 Å². The molecule has 1 aromatic rings. The molecule has 0 saturated carbocycles. The summed E-state index contributed by atoms with van der Waals surface area (Å²) >= 11 is 0. The molecule has 1 nitrogen and oxygen atoms in total. The molecule has 2 atom stereocenters. The minimum Gasteiger partial charge on any atom is -0.314 e. The van der Waals surface area contributed by atoms with Gasteiger partial charge in [0.2, 0.25) is 0 Å². The lowest BCUT2D eigenvalue weighted by atomic mass is 9.86. The predicted molar refractivity (Wildman–Crippen MR) is 65.0 cm³/mol. The van der Waals surface area contributed by atoms with E-state index < -0.39 is 0 Å². The molecule has 1 fully saturated rings. The van der Waals surface area contributed by atoms with Crippen molar-refractivity contribution >= 4 is 0 Å². The summed E-state index contributed by atoms with van der Waals surface area (Å²) in [5, 5.41) is 3.46. The third-order valence-corrected chi connectivity index (χ3v) is 3.55. The van der Waals surface area contributed by atoms with Gasteiger partial charge in [0.25, 0.3) is 0 Å². The van der Waals surface area contributed by atoms with Crippen molar-refractivity contribution in [3.63, 3.8) is 0 Å².